The minimum Gasteiger partial charge on any atom is -0.395 e. The molecule has 1 heterocycles. The standard InChI is InChI=1S/C9H19N3O2/c10-11-9(14)6-12-5-3-1-2-4-8(12)7-13/h8,13H,1-7,10H2,(H,11,14). The first kappa shape index (κ1) is 11.4. The normalized spacial score (nSPS) is 24.3. The Labute approximate surface area is 84.2 Å². The second-order valence-electron chi connectivity index (χ2n) is 3.72. The van der Waals surface area contributed by atoms with E-state index >= 15 is 0 Å². The van der Waals surface area contributed by atoms with Crippen molar-refractivity contribution in [2.75, 3.05) is 19.7 Å². The highest BCUT2D eigenvalue weighted by molar-refractivity contribution is 5.77. The number of likely N-dealkylation sites (tertiary alicyclic amines) is 1. The van der Waals surface area contributed by atoms with Gasteiger partial charge in [0.1, 0.15) is 0 Å². The topological polar surface area (TPSA) is 78.6 Å². The van der Waals surface area contributed by atoms with Gasteiger partial charge in [-0.05, 0) is 19.4 Å². The Morgan fingerprint density at radius 2 is 2.29 bits per heavy atom. The number of carbonyl (C=O) groups excluding carboxylic acids is 1. The molecule has 0 saturated carbocycles. The first-order valence-electron chi connectivity index (χ1n) is 5.12. The third-order valence-corrected chi connectivity index (χ3v) is 2.72. The summed E-state index contributed by atoms with van der Waals surface area (Å²) in [6.45, 7) is 1.29. The molecule has 4 N–H and O–H groups in total. The van der Waals surface area contributed by atoms with Crippen LogP contribution in [0.5, 0.6) is 0 Å². The van der Waals surface area contributed by atoms with Gasteiger partial charge in [0.05, 0.1) is 13.2 Å². The Hall–Kier alpha value is -0.650. The van der Waals surface area contributed by atoms with Crippen LogP contribution >= 0.6 is 0 Å². The Morgan fingerprint density at radius 1 is 1.50 bits per heavy atom. The molecule has 1 atom stereocenters. The van der Waals surface area contributed by atoms with Crippen molar-refractivity contribution in [3.05, 3.63) is 0 Å². The smallest absolute Gasteiger partial charge is 0.248 e. The first-order valence-corrected chi connectivity index (χ1v) is 5.12. The lowest BCUT2D eigenvalue weighted by Crippen LogP contribution is -2.45. The Kier molecular flexibility index (Phi) is 4.86. The second-order valence-corrected chi connectivity index (χ2v) is 3.72. The molecule has 1 fully saturated rings. The van der Waals surface area contributed by atoms with E-state index in [0.29, 0.717) is 6.54 Å². The zero-order valence-corrected chi connectivity index (χ0v) is 8.41. The molecule has 1 amide bonds. The molecule has 0 aliphatic carbocycles. The van der Waals surface area contributed by atoms with E-state index in [9.17, 15) is 4.79 Å². The quantitative estimate of drug-likeness (QED) is 0.318. The van der Waals surface area contributed by atoms with Crippen LogP contribution in [-0.4, -0.2) is 41.7 Å². The molecule has 5 nitrogen and oxygen atoms in total. The molecule has 0 spiro atoms. The molecule has 0 radical (unpaired) electrons. The van der Waals surface area contributed by atoms with E-state index in [1.165, 1.54) is 6.42 Å². The van der Waals surface area contributed by atoms with Gasteiger partial charge in [-0.2, -0.15) is 0 Å². The highest BCUT2D eigenvalue weighted by Crippen LogP contribution is 2.15. The molecule has 0 aromatic rings. The van der Waals surface area contributed by atoms with Crippen LogP contribution in [0.15, 0.2) is 0 Å². The van der Waals surface area contributed by atoms with Crippen LogP contribution in [0, 0.1) is 0 Å². The van der Waals surface area contributed by atoms with Gasteiger partial charge in [0, 0.05) is 6.04 Å². The van der Waals surface area contributed by atoms with Crippen LogP contribution in [0.2, 0.25) is 0 Å². The average molecular weight is 201 g/mol. The maximum Gasteiger partial charge on any atom is 0.248 e. The number of hydrogen-bond donors (Lipinski definition) is 3. The zero-order chi connectivity index (χ0) is 10.4. The van der Waals surface area contributed by atoms with Gasteiger partial charge in [0.15, 0.2) is 0 Å². The first-order chi connectivity index (χ1) is 6.77. The minimum atomic E-state index is -0.189. The number of nitrogens with two attached hydrogens (primary N) is 1. The van der Waals surface area contributed by atoms with Gasteiger partial charge in [-0.25, -0.2) is 5.84 Å². The van der Waals surface area contributed by atoms with E-state index < -0.39 is 0 Å². The molecule has 5 heteroatoms. The number of aliphatic hydroxyl groups excluding tert-OH is 1. The van der Waals surface area contributed by atoms with Crippen molar-refractivity contribution in [3.8, 4) is 0 Å². The maximum atomic E-state index is 11.1. The van der Waals surface area contributed by atoms with Crippen molar-refractivity contribution in [2.24, 2.45) is 5.84 Å². The summed E-state index contributed by atoms with van der Waals surface area (Å²) in [5, 5.41) is 9.17. The van der Waals surface area contributed by atoms with Gasteiger partial charge < -0.3 is 5.11 Å². The Morgan fingerprint density at radius 3 is 2.93 bits per heavy atom. The Balaban J connectivity index is 2.47. The summed E-state index contributed by atoms with van der Waals surface area (Å²) < 4.78 is 0. The SMILES string of the molecule is NNC(=O)CN1CCCCCC1CO. The molecule has 0 aromatic heterocycles. The van der Waals surface area contributed by atoms with Crippen molar-refractivity contribution in [3.63, 3.8) is 0 Å². The summed E-state index contributed by atoms with van der Waals surface area (Å²) in [5.41, 5.74) is 2.12. The van der Waals surface area contributed by atoms with Crippen molar-refractivity contribution in [1.82, 2.24) is 10.3 Å². The molecule has 14 heavy (non-hydrogen) atoms. The molecule has 1 unspecified atom stereocenters. The number of rotatable bonds is 3. The van der Waals surface area contributed by atoms with E-state index in [-0.39, 0.29) is 18.6 Å². The van der Waals surface area contributed by atoms with Gasteiger partial charge in [0.25, 0.3) is 0 Å². The summed E-state index contributed by atoms with van der Waals surface area (Å²) in [4.78, 5) is 13.1. The van der Waals surface area contributed by atoms with E-state index in [1.54, 1.807) is 0 Å². The van der Waals surface area contributed by atoms with Gasteiger partial charge in [-0.3, -0.25) is 15.1 Å². The van der Waals surface area contributed by atoms with Crippen LogP contribution < -0.4 is 11.3 Å². The van der Waals surface area contributed by atoms with Crippen molar-refractivity contribution in [1.29, 1.82) is 0 Å². The molecule has 1 saturated heterocycles. The summed E-state index contributed by atoms with van der Waals surface area (Å²) >= 11 is 0. The molecule has 1 aliphatic heterocycles. The van der Waals surface area contributed by atoms with Gasteiger partial charge in [-0.15, -0.1) is 0 Å². The monoisotopic (exact) mass is 201 g/mol. The lowest BCUT2D eigenvalue weighted by atomic mass is 10.1. The number of hydrogen-bond acceptors (Lipinski definition) is 4. The fourth-order valence-electron chi connectivity index (χ4n) is 1.88. The van der Waals surface area contributed by atoms with E-state index in [2.05, 4.69) is 5.43 Å². The maximum absolute atomic E-state index is 11.1. The van der Waals surface area contributed by atoms with Crippen LogP contribution in [-0.2, 0) is 4.79 Å². The Bertz CT molecular complexity index is 187. The van der Waals surface area contributed by atoms with Gasteiger partial charge in [0.2, 0.25) is 5.91 Å². The summed E-state index contributed by atoms with van der Waals surface area (Å²) in [7, 11) is 0. The number of nitrogens with one attached hydrogen (secondary N) is 1. The molecule has 1 aliphatic rings. The van der Waals surface area contributed by atoms with E-state index in [4.69, 9.17) is 10.9 Å². The fraction of sp³-hybridized carbons (Fsp3) is 0.889. The molecular formula is C9H19N3O2. The number of nitrogens with zero attached hydrogens (tertiary/aromatic N) is 1. The fourth-order valence-corrected chi connectivity index (χ4v) is 1.88. The van der Waals surface area contributed by atoms with E-state index in [1.807, 2.05) is 4.90 Å². The third-order valence-electron chi connectivity index (χ3n) is 2.72. The van der Waals surface area contributed by atoms with Gasteiger partial charge in [-0.1, -0.05) is 12.8 Å². The molecule has 0 aromatic carbocycles. The zero-order valence-electron chi connectivity index (χ0n) is 8.41. The summed E-state index contributed by atoms with van der Waals surface area (Å²) in [6.07, 6.45) is 4.37. The lowest BCUT2D eigenvalue weighted by Gasteiger charge is -2.27. The van der Waals surface area contributed by atoms with Crippen molar-refractivity contribution < 1.29 is 9.90 Å². The van der Waals surface area contributed by atoms with Crippen molar-refractivity contribution in [2.45, 2.75) is 31.7 Å². The minimum absolute atomic E-state index is 0.120. The van der Waals surface area contributed by atoms with Crippen LogP contribution in [0.25, 0.3) is 0 Å². The summed E-state index contributed by atoms with van der Waals surface area (Å²) in [6, 6.07) is 0.120. The third kappa shape index (κ3) is 3.25. The predicted molar refractivity (Wildman–Crippen MR) is 53.2 cm³/mol. The van der Waals surface area contributed by atoms with Crippen LogP contribution in [0.1, 0.15) is 25.7 Å². The van der Waals surface area contributed by atoms with Crippen molar-refractivity contribution >= 4 is 5.91 Å². The molecular weight excluding hydrogens is 182 g/mol. The van der Waals surface area contributed by atoms with E-state index in [0.717, 1.165) is 25.8 Å². The largest absolute Gasteiger partial charge is 0.395 e. The van der Waals surface area contributed by atoms with Crippen LogP contribution in [0.3, 0.4) is 0 Å². The average Bonchev–Trinajstić information content (AvgIpc) is 2.42. The van der Waals surface area contributed by atoms with Gasteiger partial charge >= 0.3 is 0 Å². The second kappa shape index (κ2) is 5.95. The number of amides is 1. The highest BCUT2D eigenvalue weighted by atomic mass is 16.3. The number of carbonyl (C=O) groups is 1. The molecule has 0 bridgehead atoms. The van der Waals surface area contributed by atoms with Crippen LogP contribution in [0.4, 0.5) is 0 Å². The molecule has 82 valence electrons. The number of aliphatic hydroxyl groups is 1. The molecule has 1 rings (SSSR count). The number of hydrazine groups is 1. The summed E-state index contributed by atoms with van der Waals surface area (Å²) in [5.74, 6) is 4.84. The predicted octanol–water partition coefficient (Wildman–Crippen LogP) is -0.787. The lowest BCUT2D eigenvalue weighted by molar-refractivity contribution is -0.123. The highest BCUT2D eigenvalue weighted by Gasteiger charge is 2.21.